The molecule has 0 unspecified atom stereocenters. The second-order valence-electron chi connectivity index (χ2n) is 7.29. The van der Waals surface area contributed by atoms with Gasteiger partial charge in [0.25, 0.3) is 0 Å². The molecule has 4 rings (SSSR count). The van der Waals surface area contributed by atoms with Gasteiger partial charge in [-0.25, -0.2) is 0 Å². The van der Waals surface area contributed by atoms with Gasteiger partial charge in [-0.15, -0.1) is 0 Å². The Labute approximate surface area is 187 Å². The standard InChI is InChI=1S/C27H24O5/c1-30-21-6-4-17(5-7-21)18-12-19(24-10-8-22(31-2)15-26(24)28)14-20(13-18)25-11-9-23(32-3)16-27(25)29/h4-16,28-29H,1-3H3. The van der Waals surface area contributed by atoms with Crippen LogP contribution in [0.3, 0.4) is 0 Å². The highest BCUT2D eigenvalue weighted by molar-refractivity contribution is 5.85. The van der Waals surface area contributed by atoms with E-state index in [1.54, 1.807) is 45.6 Å². The molecule has 0 spiro atoms. The maximum absolute atomic E-state index is 10.6. The molecule has 0 amide bonds. The maximum Gasteiger partial charge on any atom is 0.127 e. The van der Waals surface area contributed by atoms with Gasteiger partial charge in [0.15, 0.2) is 0 Å². The highest BCUT2D eigenvalue weighted by Crippen LogP contribution is 2.40. The molecule has 0 fully saturated rings. The molecular formula is C27H24O5. The number of hydrogen-bond acceptors (Lipinski definition) is 5. The highest BCUT2D eigenvalue weighted by atomic mass is 16.5. The van der Waals surface area contributed by atoms with Crippen LogP contribution in [0.4, 0.5) is 0 Å². The average molecular weight is 428 g/mol. The quantitative estimate of drug-likeness (QED) is 0.387. The Morgan fingerprint density at radius 2 is 0.844 bits per heavy atom. The van der Waals surface area contributed by atoms with Gasteiger partial charge >= 0.3 is 0 Å². The summed E-state index contributed by atoms with van der Waals surface area (Å²) >= 11 is 0. The molecule has 32 heavy (non-hydrogen) atoms. The molecule has 0 atom stereocenters. The van der Waals surface area contributed by atoms with Crippen LogP contribution in [0.2, 0.25) is 0 Å². The molecule has 0 saturated carbocycles. The normalized spacial score (nSPS) is 10.6. The van der Waals surface area contributed by atoms with E-state index in [1.165, 1.54) is 0 Å². The highest BCUT2D eigenvalue weighted by Gasteiger charge is 2.13. The van der Waals surface area contributed by atoms with Crippen molar-refractivity contribution in [3.05, 3.63) is 78.9 Å². The Hall–Kier alpha value is -4.12. The SMILES string of the molecule is COc1ccc(-c2cc(-c3ccc(OC)cc3O)cc(-c3ccc(OC)cc3O)c2)cc1. The molecule has 5 heteroatoms. The second kappa shape index (κ2) is 8.94. The lowest BCUT2D eigenvalue weighted by Gasteiger charge is -2.14. The molecule has 0 saturated heterocycles. The smallest absolute Gasteiger partial charge is 0.127 e. The van der Waals surface area contributed by atoms with E-state index in [0.29, 0.717) is 22.6 Å². The van der Waals surface area contributed by atoms with Crippen LogP contribution in [0.25, 0.3) is 33.4 Å². The van der Waals surface area contributed by atoms with Gasteiger partial charge in [-0.1, -0.05) is 12.1 Å². The van der Waals surface area contributed by atoms with Crippen LogP contribution in [-0.4, -0.2) is 31.5 Å². The molecule has 2 N–H and O–H groups in total. The Morgan fingerprint density at radius 3 is 1.25 bits per heavy atom. The monoisotopic (exact) mass is 428 g/mol. The van der Waals surface area contributed by atoms with Crippen molar-refractivity contribution in [2.24, 2.45) is 0 Å². The number of aromatic hydroxyl groups is 2. The molecule has 162 valence electrons. The summed E-state index contributed by atoms with van der Waals surface area (Å²) in [4.78, 5) is 0. The van der Waals surface area contributed by atoms with E-state index in [9.17, 15) is 10.2 Å². The van der Waals surface area contributed by atoms with Crippen LogP contribution in [0.5, 0.6) is 28.7 Å². The molecule has 0 aliphatic carbocycles. The van der Waals surface area contributed by atoms with Gasteiger partial charge in [-0.3, -0.25) is 0 Å². The van der Waals surface area contributed by atoms with Crippen LogP contribution in [0.15, 0.2) is 78.9 Å². The second-order valence-corrected chi connectivity index (χ2v) is 7.29. The fourth-order valence-corrected chi connectivity index (χ4v) is 3.65. The van der Waals surface area contributed by atoms with E-state index >= 15 is 0 Å². The molecule has 4 aromatic rings. The van der Waals surface area contributed by atoms with Crippen molar-refractivity contribution in [2.75, 3.05) is 21.3 Å². The van der Waals surface area contributed by atoms with Crippen molar-refractivity contribution >= 4 is 0 Å². The van der Waals surface area contributed by atoms with Gasteiger partial charge in [0, 0.05) is 23.3 Å². The Bertz CT molecular complexity index is 1170. The Morgan fingerprint density at radius 1 is 0.438 bits per heavy atom. The summed E-state index contributed by atoms with van der Waals surface area (Å²) in [6.45, 7) is 0. The summed E-state index contributed by atoms with van der Waals surface area (Å²) < 4.78 is 15.7. The molecule has 5 nitrogen and oxygen atoms in total. The molecule has 0 radical (unpaired) electrons. The minimum Gasteiger partial charge on any atom is -0.507 e. The van der Waals surface area contributed by atoms with Gasteiger partial charge in [-0.05, 0) is 76.9 Å². The number of benzene rings is 4. The Kier molecular flexibility index (Phi) is 5.90. The van der Waals surface area contributed by atoms with Crippen molar-refractivity contribution in [1.82, 2.24) is 0 Å². The topological polar surface area (TPSA) is 68.2 Å². The fraction of sp³-hybridized carbons (Fsp3) is 0.111. The zero-order chi connectivity index (χ0) is 22.7. The van der Waals surface area contributed by atoms with Crippen molar-refractivity contribution in [3.8, 4) is 62.1 Å². The summed E-state index contributed by atoms with van der Waals surface area (Å²) in [5.41, 5.74) is 4.86. The lowest BCUT2D eigenvalue weighted by molar-refractivity contribution is 0.408. The van der Waals surface area contributed by atoms with Crippen LogP contribution in [0, 0.1) is 0 Å². The van der Waals surface area contributed by atoms with Crippen molar-refractivity contribution in [2.45, 2.75) is 0 Å². The van der Waals surface area contributed by atoms with Crippen molar-refractivity contribution in [3.63, 3.8) is 0 Å². The largest absolute Gasteiger partial charge is 0.507 e. The van der Waals surface area contributed by atoms with Crippen LogP contribution < -0.4 is 14.2 Å². The minimum absolute atomic E-state index is 0.112. The predicted octanol–water partition coefficient (Wildman–Crippen LogP) is 6.12. The number of methoxy groups -OCH3 is 3. The zero-order valence-electron chi connectivity index (χ0n) is 18.1. The predicted molar refractivity (Wildman–Crippen MR) is 126 cm³/mol. The van der Waals surface area contributed by atoms with E-state index in [4.69, 9.17) is 14.2 Å². The first kappa shape index (κ1) is 21.1. The van der Waals surface area contributed by atoms with Crippen LogP contribution >= 0.6 is 0 Å². The van der Waals surface area contributed by atoms with E-state index in [0.717, 1.165) is 28.0 Å². The molecule has 0 aromatic heterocycles. The van der Waals surface area contributed by atoms with Gasteiger partial charge in [-0.2, -0.15) is 0 Å². The zero-order valence-corrected chi connectivity index (χ0v) is 18.1. The van der Waals surface area contributed by atoms with Gasteiger partial charge < -0.3 is 24.4 Å². The summed E-state index contributed by atoms with van der Waals surface area (Å²) in [6, 6.07) is 24.1. The average Bonchev–Trinajstić information content (AvgIpc) is 2.83. The summed E-state index contributed by atoms with van der Waals surface area (Å²) in [5.74, 6) is 2.14. The lowest BCUT2D eigenvalue weighted by atomic mass is 9.92. The molecule has 0 bridgehead atoms. The van der Waals surface area contributed by atoms with E-state index in [2.05, 4.69) is 0 Å². The lowest BCUT2D eigenvalue weighted by Crippen LogP contribution is -1.89. The third-order valence-electron chi connectivity index (χ3n) is 5.39. The van der Waals surface area contributed by atoms with Crippen molar-refractivity contribution in [1.29, 1.82) is 0 Å². The summed E-state index contributed by atoms with van der Waals surface area (Å²) in [6.07, 6.45) is 0. The maximum atomic E-state index is 10.6. The van der Waals surface area contributed by atoms with Gasteiger partial charge in [0.1, 0.15) is 28.7 Å². The third-order valence-corrected chi connectivity index (χ3v) is 5.39. The summed E-state index contributed by atoms with van der Waals surface area (Å²) in [7, 11) is 4.75. The van der Waals surface area contributed by atoms with Crippen LogP contribution in [0.1, 0.15) is 0 Å². The number of phenolic OH excluding ortho intramolecular Hbond substituents is 2. The van der Waals surface area contributed by atoms with E-state index in [-0.39, 0.29) is 11.5 Å². The van der Waals surface area contributed by atoms with Crippen molar-refractivity contribution < 1.29 is 24.4 Å². The number of ether oxygens (including phenoxy) is 3. The van der Waals surface area contributed by atoms with Gasteiger partial charge in [0.05, 0.1) is 21.3 Å². The first-order valence-corrected chi connectivity index (χ1v) is 10.1. The minimum atomic E-state index is 0.112. The number of phenols is 2. The Balaban J connectivity index is 1.90. The first-order chi connectivity index (χ1) is 15.5. The molecule has 0 aliphatic rings. The van der Waals surface area contributed by atoms with Crippen LogP contribution in [-0.2, 0) is 0 Å². The fourth-order valence-electron chi connectivity index (χ4n) is 3.65. The van der Waals surface area contributed by atoms with Gasteiger partial charge in [0.2, 0.25) is 0 Å². The number of hydrogen-bond donors (Lipinski definition) is 2. The summed E-state index contributed by atoms with van der Waals surface area (Å²) in [5, 5.41) is 21.3. The number of rotatable bonds is 6. The molecule has 0 heterocycles. The molecular weight excluding hydrogens is 404 g/mol. The molecule has 0 aliphatic heterocycles. The molecule has 4 aromatic carbocycles. The first-order valence-electron chi connectivity index (χ1n) is 10.1. The van der Waals surface area contributed by atoms with E-state index < -0.39 is 0 Å². The van der Waals surface area contributed by atoms with E-state index in [1.807, 2.05) is 54.6 Å². The third kappa shape index (κ3) is 4.18.